The molecule has 3 aromatic heterocycles. The first-order valence-corrected chi connectivity index (χ1v) is 19.2. The van der Waals surface area contributed by atoms with Gasteiger partial charge < -0.3 is 9.32 Å². The van der Waals surface area contributed by atoms with Gasteiger partial charge in [0, 0.05) is 55.2 Å². The highest BCUT2D eigenvalue weighted by molar-refractivity contribution is 7.99. The van der Waals surface area contributed by atoms with E-state index in [9.17, 15) is 0 Å². The molecule has 0 saturated carbocycles. The van der Waals surface area contributed by atoms with Crippen LogP contribution in [0, 0.1) is 0 Å². The van der Waals surface area contributed by atoms with E-state index in [0.29, 0.717) is 0 Å². The maximum atomic E-state index is 6.44. The van der Waals surface area contributed by atoms with Crippen LogP contribution in [0.3, 0.4) is 0 Å². The molecular formula is C50H31N3OS. The first kappa shape index (κ1) is 31.6. The fraction of sp³-hybridized carbons (Fsp3) is 0. The van der Waals surface area contributed by atoms with Crippen molar-refractivity contribution in [1.82, 2.24) is 9.97 Å². The molecule has 55 heavy (non-hydrogen) atoms. The molecule has 10 aromatic rings. The second-order valence-electron chi connectivity index (χ2n) is 13.8. The van der Waals surface area contributed by atoms with E-state index in [4.69, 9.17) is 9.40 Å². The highest BCUT2D eigenvalue weighted by atomic mass is 32.2. The third-order valence-electron chi connectivity index (χ3n) is 10.5. The van der Waals surface area contributed by atoms with Crippen molar-refractivity contribution in [2.24, 2.45) is 0 Å². The molecule has 0 saturated heterocycles. The van der Waals surface area contributed by atoms with Gasteiger partial charge in [-0.05, 0) is 107 Å². The maximum Gasteiger partial charge on any atom is 0.136 e. The monoisotopic (exact) mass is 721 g/mol. The van der Waals surface area contributed by atoms with Crippen LogP contribution in [0.2, 0.25) is 0 Å². The number of pyridine rings is 2. The summed E-state index contributed by atoms with van der Waals surface area (Å²) >= 11 is 1.80. The zero-order chi connectivity index (χ0) is 36.3. The van der Waals surface area contributed by atoms with Gasteiger partial charge in [-0.25, -0.2) is 0 Å². The Balaban J connectivity index is 1.03. The van der Waals surface area contributed by atoms with E-state index in [1.807, 2.05) is 30.6 Å². The van der Waals surface area contributed by atoms with Gasteiger partial charge in [0.15, 0.2) is 0 Å². The average molecular weight is 722 g/mol. The lowest BCUT2D eigenvalue weighted by Crippen LogP contribution is -2.15. The zero-order valence-corrected chi connectivity index (χ0v) is 30.4. The van der Waals surface area contributed by atoms with Crippen LogP contribution in [0.4, 0.5) is 17.1 Å². The Bertz CT molecular complexity index is 3080. The minimum atomic E-state index is 0.883. The molecule has 0 unspecified atom stereocenters. The van der Waals surface area contributed by atoms with Crippen molar-refractivity contribution in [3.63, 3.8) is 0 Å². The van der Waals surface area contributed by atoms with E-state index in [1.54, 1.807) is 11.8 Å². The molecule has 0 fully saturated rings. The van der Waals surface area contributed by atoms with Gasteiger partial charge in [0.25, 0.3) is 0 Å². The number of nitrogens with zero attached hydrogens (tertiary/aromatic N) is 3. The summed E-state index contributed by atoms with van der Waals surface area (Å²) in [6, 6.07) is 62.4. The first-order valence-electron chi connectivity index (χ1n) is 18.4. The number of rotatable bonds is 5. The quantitative estimate of drug-likeness (QED) is 0.177. The number of anilines is 3. The smallest absolute Gasteiger partial charge is 0.136 e. The molecule has 0 radical (unpaired) electrons. The van der Waals surface area contributed by atoms with Crippen LogP contribution < -0.4 is 4.90 Å². The molecule has 0 amide bonds. The van der Waals surface area contributed by atoms with Crippen LogP contribution in [0.1, 0.15) is 0 Å². The Morgan fingerprint density at radius 1 is 0.418 bits per heavy atom. The minimum Gasteiger partial charge on any atom is -0.456 e. The Morgan fingerprint density at radius 2 is 1.15 bits per heavy atom. The zero-order valence-electron chi connectivity index (χ0n) is 29.6. The summed E-state index contributed by atoms with van der Waals surface area (Å²) in [4.78, 5) is 14.3. The lowest BCUT2D eigenvalue weighted by molar-refractivity contribution is 0.669. The lowest BCUT2D eigenvalue weighted by Gasteiger charge is -2.33. The number of aromatic nitrogens is 2. The van der Waals surface area contributed by atoms with Gasteiger partial charge in [-0.1, -0.05) is 109 Å². The Morgan fingerprint density at radius 3 is 2.02 bits per heavy atom. The van der Waals surface area contributed by atoms with Crippen LogP contribution in [-0.4, -0.2) is 9.97 Å². The van der Waals surface area contributed by atoms with Crippen LogP contribution in [0.15, 0.2) is 203 Å². The molecule has 7 aromatic carbocycles. The van der Waals surface area contributed by atoms with Gasteiger partial charge >= 0.3 is 0 Å². The summed E-state index contributed by atoms with van der Waals surface area (Å²) < 4.78 is 6.44. The van der Waals surface area contributed by atoms with Gasteiger partial charge in [0.2, 0.25) is 0 Å². The number of benzene rings is 7. The van der Waals surface area contributed by atoms with E-state index >= 15 is 0 Å². The summed E-state index contributed by atoms with van der Waals surface area (Å²) in [6.07, 6.45) is 3.75. The van der Waals surface area contributed by atoms with Crippen LogP contribution in [0.25, 0.3) is 77.5 Å². The Hall–Kier alpha value is -6.95. The van der Waals surface area contributed by atoms with Crippen molar-refractivity contribution in [2.75, 3.05) is 4.90 Å². The maximum absolute atomic E-state index is 6.44. The van der Waals surface area contributed by atoms with Crippen LogP contribution in [-0.2, 0) is 0 Å². The molecule has 0 aliphatic carbocycles. The fourth-order valence-corrected chi connectivity index (χ4v) is 9.01. The second-order valence-corrected chi connectivity index (χ2v) is 14.9. The molecule has 4 heterocycles. The third kappa shape index (κ3) is 5.48. The van der Waals surface area contributed by atoms with E-state index in [1.165, 1.54) is 26.3 Å². The van der Waals surface area contributed by atoms with Crippen molar-refractivity contribution in [3.05, 3.63) is 188 Å². The molecule has 5 heteroatoms. The SMILES string of the molecule is c1ccc(-c2ccc3oc4cc(-c5ccc6c(c5)Sc5cc(-c7ccccn7)ccc5N6c5cccc(-c6nccc7ccccc67)c5)ccc4c3c2)cc1. The summed E-state index contributed by atoms with van der Waals surface area (Å²) in [6.45, 7) is 0. The van der Waals surface area contributed by atoms with E-state index in [0.717, 1.165) is 78.0 Å². The Labute approximate surface area is 322 Å². The third-order valence-corrected chi connectivity index (χ3v) is 11.6. The normalized spacial score (nSPS) is 12.3. The lowest BCUT2D eigenvalue weighted by atomic mass is 10.0. The molecular weight excluding hydrogens is 691 g/mol. The number of hydrogen-bond donors (Lipinski definition) is 0. The van der Waals surface area contributed by atoms with Gasteiger partial charge in [-0.2, -0.15) is 0 Å². The van der Waals surface area contributed by atoms with Crippen molar-refractivity contribution < 1.29 is 4.42 Å². The van der Waals surface area contributed by atoms with E-state index in [-0.39, 0.29) is 0 Å². The molecule has 11 rings (SSSR count). The Kier molecular flexibility index (Phi) is 7.39. The first-order chi connectivity index (χ1) is 27.2. The molecule has 258 valence electrons. The fourth-order valence-electron chi connectivity index (χ4n) is 7.87. The van der Waals surface area contributed by atoms with Crippen LogP contribution >= 0.6 is 11.8 Å². The van der Waals surface area contributed by atoms with Gasteiger partial charge in [0.05, 0.1) is 22.8 Å². The molecule has 0 spiro atoms. The van der Waals surface area contributed by atoms with Crippen molar-refractivity contribution in [2.45, 2.75) is 9.79 Å². The van der Waals surface area contributed by atoms with Crippen molar-refractivity contribution in [1.29, 1.82) is 0 Å². The molecule has 1 aliphatic heterocycles. The standard InChI is InChI=1S/C50H31N3OS/c1-2-9-32(10-3-1)34-19-23-46-42(28-34)41-20-16-35(29-47(41)54-46)36-17-21-44-48(30-36)55-49-31-37(43-15-6-7-25-51-43)18-22-45(49)53(44)39-13-8-12-38(27-39)50-40-14-5-4-11-33(40)24-26-52-50/h1-31H. The number of hydrogen-bond acceptors (Lipinski definition) is 5. The summed E-state index contributed by atoms with van der Waals surface area (Å²) in [5.74, 6) is 0. The summed E-state index contributed by atoms with van der Waals surface area (Å²) in [5.41, 5.74) is 13.8. The number of furan rings is 1. The van der Waals surface area contributed by atoms with Gasteiger partial charge in [-0.3, -0.25) is 9.97 Å². The largest absolute Gasteiger partial charge is 0.456 e. The van der Waals surface area contributed by atoms with Crippen molar-refractivity contribution >= 4 is 61.5 Å². The van der Waals surface area contributed by atoms with Crippen LogP contribution in [0.5, 0.6) is 0 Å². The topological polar surface area (TPSA) is 42.2 Å². The molecule has 0 bridgehead atoms. The van der Waals surface area contributed by atoms with Gasteiger partial charge in [-0.15, -0.1) is 0 Å². The van der Waals surface area contributed by atoms with Crippen molar-refractivity contribution in [3.8, 4) is 44.8 Å². The highest BCUT2D eigenvalue weighted by Crippen LogP contribution is 2.53. The predicted molar refractivity (Wildman–Crippen MR) is 227 cm³/mol. The molecule has 0 N–H and O–H groups in total. The predicted octanol–water partition coefficient (Wildman–Crippen LogP) is 14.1. The van der Waals surface area contributed by atoms with E-state index in [2.05, 4.69) is 168 Å². The van der Waals surface area contributed by atoms with Gasteiger partial charge in [0.1, 0.15) is 11.2 Å². The van der Waals surface area contributed by atoms with E-state index < -0.39 is 0 Å². The number of fused-ring (bicyclic) bond motifs is 6. The summed E-state index contributed by atoms with van der Waals surface area (Å²) in [7, 11) is 0. The second kappa shape index (κ2) is 12.9. The minimum absolute atomic E-state index is 0.883. The molecule has 1 aliphatic rings. The summed E-state index contributed by atoms with van der Waals surface area (Å²) in [5, 5.41) is 4.56. The highest BCUT2D eigenvalue weighted by Gasteiger charge is 2.27. The average Bonchev–Trinajstić information content (AvgIpc) is 3.63. The molecule has 0 atom stereocenters. The molecule has 4 nitrogen and oxygen atoms in total.